The van der Waals surface area contributed by atoms with E-state index in [1.807, 2.05) is 11.8 Å². The van der Waals surface area contributed by atoms with Crippen molar-refractivity contribution in [1.82, 2.24) is 6.15 Å². The molecule has 182 valence electrons. The summed E-state index contributed by atoms with van der Waals surface area (Å²) < 4.78 is 24.6. The molecule has 0 saturated carbocycles. The zero-order valence-electron chi connectivity index (χ0n) is 19.4. The molecular weight excluding hydrogens is 471 g/mol. The summed E-state index contributed by atoms with van der Waals surface area (Å²) in [4.78, 5) is 44.7. The van der Waals surface area contributed by atoms with Gasteiger partial charge >= 0.3 is 71.1 Å². The van der Waals surface area contributed by atoms with Gasteiger partial charge in [-0.2, -0.15) is 0 Å². The molecule has 0 aromatic rings. The van der Waals surface area contributed by atoms with E-state index in [9.17, 15) is 23.9 Å². The second-order valence-corrected chi connectivity index (χ2v) is 7.02. The Balaban J connectivity index is -0.000000117. The molecule has 0 bridgehead atoms. The van der Waals surface area contributed by atoms with E-state index < -0.39 is 39.1 Å². The number of hydrogen-bond acceptors (Lipinski definition) is 9. The molecule has 0 aliphatic heterocycles. The maximum Gasteiger partial charge on any atom is 1.00 e. The molecule has 33 heavy (non-hydrogen) atoms. The van der Waals surface area contributed by atoms with Crippen molar-refractivity contribution in [1.29, 1.82) is 0 Å². The number of terminal acetylenes is 1. The molecule has 0 rings (SSSR count). The molecule has 0 spiro atoms. The average Bonchev–Trinajstić information content (AvgIpc) is 2.68. The van der Waals surface area contributed by atoms with E-state index >= 15 is 0 Å². The monoisotopic (exact) mass is 509 g/mol. The Labute approximate surface area is 249 Å². The predicted octanol–water partition coefficient (Wildman–Crippen LogP) is -3.67. The van der Waals surface area contributed by atoms with E-state index in [-0.39, 0.29) is 80.2 Å². The Hall–Kier alpha value is -0.750. The van der Waals surface area contributed by atoms with Crippen molar-refractivity contribution < 1.29 is 106 Å². The standard InChI is InChI=1S/C21H25O8P.H3N.2Na.6H2/c1-3-5-7-9-11-13-15-20(22)27-17-19(18-28-30(24,25)26)29-21(23)16-14-12-10-8-6-4-2;;;;;;;;;/h1,19H,4,6,8,10,12,14,16-18H2,2H3,(H2,24,25,26);1H3;;;6*1H/q;;2*+1;;;;;;/p-2/t19-;;;;;;;;;/m1........./s1. The molecule has 0 heterocycles. The molecular formula is C21H38NNa2O8P. The Morgan fingerprint density at radius 3 is 2.15 bits per heavy atom. The molecule has 0 saturated heterocycles. The number of phosphoric acid groups is 1. The normalized spacial score (nSPS) is 9.64. The number of unbranched alkanes of at least 4 members (excludes halogenated alkanes) is 5. The molecule has 1 atom stereocenters. The summed E-state index contributed by atoms with van der Waals surface area (Å²) in [6.07, 6.45) is 9.51. The molecule has 9 nitrogen and oxygen atoms in total. The van der Waals surface area contributed by atoms with Crippen molar-refractivity contribution in [3.05, 3.63) is 0 Å². The fraction of sp³-hybridized carbons (Fsp3) is 0.524. The van der Waals surface area contributed by atoms with E-state index in [1.54, 1.807) is 0 Å². The summed E-state index contributed by atoms with van der Waals surface area (Å²) in [5.74, 6) is 13.7. The van der Waals surface area contributed by atoms with Gasteiger partial charge in [0.2, 0.25) is 0 Å². The zero-order valence-corrected chi connectivity index (χ0v) is 24.3. The summed E-state index contributed by atoms with van der Waals surface area (Å²) in [5, 5.41) is 0. The van der Waals surface area contributed by atoms with Crippen molar-refractivity contribution >= 4 is 19.8 Å². The van der Waals surface area contributed by atoms with Crippen LogP contribution >= 0.6 is 7.82 Å². The van der Waals surface area contributed by atoms with E-state index in [0.29, 0.717) is 6.42 Å². The van der Waals surface area contributed by atoms with Gasteiger partial charge in [0.25, 0.3) is 0 Å². The van der Waals surface area contributed by atoms with Gasteiger partial charge in [-0.1, -0.05) is 39.0 Å². The second kappa shape index (κ2) is 25.9. The third-order valence-corrected chi connectivity index (χ3v) is 3.80. The van der Waals surface area contributed by atoms with Gasteiger partial charge in [0.1, 0.15) is 6.61 Å². The third-order valence-electron chi connectivity index (χ3n) is 3.34. The minimum absolute atomic E-state index is 0. The van der Waals surface area contributed by atoms with Crippen molar-refractivity contribution in [2.75, 3.05) is 13.2 Å². The first-order chi connectivity index (χ1) is 14.3. The quantitative estimate of drug-likeness (QED) is 0.0659. The Kier molecular flexibility index (Phi) is 30.9. The Morgan fingerprint density at radius 1 is 0.970 bits per heavy atom. The first-order valence-electron chi connectivity index (χ1n) is 9.28. The van der Waals surface area contributed by atoms with Crippen molar-refractivity contribution in [2.24, 2.45) is 0 Å². The smallest absolute Gasteiger partial charge is 0.790 e. The van der Waals surface area contributed by atoms with Gasteiger partial charge in [0.15, 0.2) is 6.10 Å². The van der Waals surface area contributed by atoms with Crippen LogP contribution < -0.4 is 75.1 Å². The number of hydrogen-bond donors (Lipinski definition) is 1. The average molecular weight is 509 g/mol. The number of carbonyl (C=O) groups is 2. The van der Waals surface area contributed by atoms with E-state index in [0.717, 1.165) is 32.1 Å². The van der Waals surface area contributed by atoms with Gasteiger partial charge < -0.3 is 34.5 Å². The van der Waals surface area contributed by atoms with Crippen LogP contribution in [0.1, 0.15) is 60.4 Å². The topological polar surface area (TPSA) is 160 Å². The summed E-state index contributed by atoms with van der Waals surface area (Å²) in [7, 11) is -5.28. The van der Waals surface area contributed by atoms with Crippen LogP contribution in [0.15, 0.2) is 0 Å². The fourth-order valence-corrected chi connectivity index (χ4v) is 2.35. The van der Waals surface area contributed by atoms with E-state index in [1.165, 1.54) is 0 Å². The summed E-state index contributed by atoms with van der Waals surface area (Å²) in [6, 6.07) is 0. The van der Waals surface area contributed by atoms with Crippen LogP contribution in [0, 0.1) is 47.9 Å². The Morgan fingerprint density at radius 2 is 1.55 bits per heavy atom. The zero-order chi connectivity index (χ0) is 22.7. The number of phosphoric ester groups is 1. The molecule has 3 N–H and O–H groups in total. The third kappa shape index (κ3) is 29.2. The number of carbonyl (C=O) groups excluding carboxylic acids is 2. The first-order valence-corrected chi connectivity index (χ1v) is 10.7. The van der Waals surface area contributed by atoms with Crippen LogP contribution in [-0.4, -0.2) is 31.3 Å². The van der Waals surface area contributed by atoms with E-state index in [4.69, 9.17) is 15.9 Å². The molecule has 0 fully saturated rings. The van der Waals surface area contributed by atoms with Crippen molar-refractivity contribution in [3.63, 3.8) is 0 Å². The van der Waals surface area contributed by atoms with Crippen LogP contribution in [0.5, 0.6) is 0 Å². The summed E-state index contributed by atoms with van der Waals surface area (Å²) in [6.45, 7) is 0.790. The molecule has 0 aliphatic carbocycles. The van der Waals surface area contributed by atoms with E-state index in [2.05, 4.69) is 41.0 Å². The first kappa shape index (κ1) is 39.5. The maximum absolute atomic E-state index is 11.9. The largest absolute Gasteiger partial charge is 1.00 e. The maximum atomic E-state index is 11.9. The minimum Gasteiger partial charge on any atom is -0.790 e. The molecule has 0 amide bonds. The number of rotatable bonds is 13. The molecule has 0 aromatic carbocycles. The summed E-state index contributed by atoms with van der Waals surface area (Å²) in [5.41, 5.74) is 0. The van der Waals surface area contributed by atoms with Gasteiger partial charge in [0, 0.05) is 20.9 Å². The fourth-order valence-electron chi connectivity index (χ4n) is 2.00. The second-order valence-electron chi connectivity index (χ2n) is 5.87. The van der Waals surface area contributed by atoms with Crippen molar-refractivity contribution in [3.8, 4) is 47.9 Å². The SMILES string of the molecule is C#CC#CC#CC#CC(=O)OC[C@H](COP(=O)([O-])[O-])OC(=O)CCCCCCCC.N.[HH].[HH].[HH].[HH].[HH].[HH].[Na+].[Na+]. The number of esters is 2. The molecule has 0 radical (unpaired) electrons. The Bertz CT molecular complexity index is 858. The van der Waals surface area contributed by atoms with Gasteiger partial charge in [0.05, 0.1) is 14.4 Å². The molecule has 0 aromatic heterocycles. The predicted molar refractivity (Wildman–Crippen MR) is 122 cm³/mol. The van der Waals surface area contributed by atoms with Crippen LogP contribution in [0.3, 0.4) is 0 Å². The molecule has 0 unspecified atom stereocenters. The van der Waals surface area contributed by atoms with Gasteiger partial charge in [-0.15, -0.1) is 6.42 Å². The molecule has 12 heteroatoms. The van der Waals surface area contributed by atoms with Gasteiger partial charge in [-0.05, 0) is 41.9 Å². The summed E-state index contributed by atoms with van der Waals surface area (Å²) >= 11 is 0. The van der Waals surface area contributed by atoms with Crippen LogP contribution in [0.25, 0.3) is 0 Å². The number of ether oxygens (including phenoxy) is 2. The van der Waals surface area contributed by atoms with Crippen LogP contribution in [-0.2, 0) is 28.2 Å². The van der Waals surface area contributed by atoms with Crippen LogP contribution in [0.4, 0.5) is 0 Å². The van der Waals surface area contributed by atoms with Crippen molar-refractivity contribution in [2.45, 2.75) is 58.0 Å². The molecule has 0 aliphatic rings. The van der Waals surface area contributed by atoms with Gasteiger partial charge in [-0.25, -0.2) is 4.79 Å². The van der Waals surface area contributed by atoms with Crippen LogP contribution in [0.2, 0.25) is 0 Å². The minimum atomic E-state index is -5.28. The van der Waals surface area contributed by atoms with Gasteiger partial charge in [-0.3, -0.25) is 4.79 Å².